The van der Waals surface area contributed by atoms with Gasteiger partial charge in [-0.15, -0.1) is 10.2 Å². The quantitative estimate of drug-likeness (QED) is 0.362. The monoisotopic (exact) mass is 437 g/mol. The fourth-order valence-corrected chi connectivity index (χ4v) is 3.19. The smallest absolute Gasteiger partial charge is 0.311 e. The molecule has 0 unspecified atom stereocenters. The Kier molecular flexibility index (Phi) is 5.26. The van der Waals surface area contributed by atoms with E-state index in [2.05, 4.69) is 15.5 Å². The molecule has 0 spiro atoms. The van der Waals surface area contributed by atoms with Crippen molar-refractivity contribution in [2.75, 3.05) is 12.4 Å². The number of nitrogens with one attached hydrogen (secondary N) is 1. The lowest BCUT2D eigenvalue weighted by molar-refractivity contribution is -0.385. The molecule has 10 heteroatoms. The summed E-state index contributed by atoms with van der Waals surface area (Å²) in [5, 5.41) is 23.5. The van der Waals surface area contributed by atoms with Crippen molar-refractivity contribution in [2.45, 2.75) is 6.92 Å². The molecule has 0 atom stereocenters. The van der Waals surface area contributed by atoms with E-state index in [9.17, 15) is 14.9 Å². The largest absolute Gasteiger partial charge is 0.490 e. The summed E-state index contributed by atoms with van der Waals surface area (Å²) in [6, 6.07) is 14.6. The Morgan fingerprint density at radius 1 is 1.10 bits per heavy atom. The number of hydrogen-bond donors (Lipinski definition) is 1. The number of hydrogen-bond acceptors (Lipinski definition) is 6. The summed E-state index contributed by atoms with van der Waals surface area (Å²) < 4.78 is 4.97. The Balaban J connectivity index is 1.64. The average molecular weight is 438 g/mol. The van der Waals surface area contributed by atoms with Gasteiger partial charge >= 0.3 is 5.69 Å². The van der Waals surface area contributed by atoms with Gasteiger partial charge in [-0.2, -0.15) is 4.80 Å². The molecule has 4 aromatic rings. The number of rotatable bonds is 5. The van der Waals surface area contributed by atoms with Crippen LogP contribution in [0.15, 0.2) is 54.6 Å². The third-order valence-electron chi connectivity index (χ3n) is 4.67. The molecule has 1 N–H and O–H groups in total. The van der Waals surface area contributed by atoms with Crippen molar-refractivity contribution in [1.29, 1.82) is 0 Å². The van der Waals surface area contributed by atoms with Gasteiger partial charge in [0, 0.05) is 22.3 Å². The lowest BCUT2D eigenvalue weighted by Gasteiger charge is -2.09. The number of aryl methyl sites for hydroxylation is 1. The van der Waals surface area contributed by atoms with E-state index in [0.717, 1.165) is 11.3 Å². The number of halogens is 1. The molecule has 9 nitrogen and oxygen atoms in total. The molecule has 4 rings (SSSR count). The number of nitro groups is 1. The van der Waals surface area contributed by atoms with E-state index in [1.54, 1.807) is 36.4 Å². The Morgan fingerprint density at radius 3 is 2.42 bits per heavy atom. The highest BCUT2D eigenvalue weighted by atomic mass is 35.5. The van der Waals surface area contributed by atoms with Gasteiger partial charge in [0.25, 0.3) is 5.91 Å². The minimum atomic E-state index is -0.595. The van der Waals surface area contributed by atoms with Crippen LogP contribution >= 0.6 is 11.6 Å². The Morgan fingerprint density at radius 2 is 1.77 bits per heavy atom. The number of carbonyl (C=O) groups is 1. The second-order valence-electron chi connectivity index (χ2n) is 6.72. The predicted octanol–water partition coefficient (Wildman–Crippen LogP) is 4.55. The van der Waals surface area contributed by atoms with E-state index in [1.165, 1.54) is 30.1 Å². The summed E-state index contributed by atoms with van der Waals surface area (Å²) in [5.74, 6) is -0.406. The first-order valence-corrected chi connectivity index (χ1v) is 9.51. The Bertz CT molecular complexity index is 1320. The van der Waals surface area contributed by atoms with Crippen molar-refractivity contribution < 1.29 is 14.5 Å². The number of methoxy groups -OCH3 is 1. The SMILES string of the molecule is COc1ccc(C(=O)Nc2cc3nn(-c4ccc(Cl)cc4)nc3cc2C)cc1[N+](=O)[O-]. The van der Waals surface area contributed by atoms with E-state index in [1.807, 2.05) is 6.92 Å². The van der Waals surface area contributed by atoms with E-state index in [-0.39, 0.29) is 17.0 Å². The number of aromatic nitrogens is 3. The minimum Gasteiger partial charge on any atom is -0.490 e. The Labute approximate surface area is 181 Å². The van der Waals surface area contributed by atoms with Crippen LogP contribution in [0.1, 0.15) is 15.9 Å². The Hall–Kier alpha value is -3.98. The maximum atomic E-state index is 12.7. The second-order valence-corrected chi connectivity index (χ2v) is 7.16. The number of fused-ring (bicyclic) bond motifs is 1. The molecule has 0 aliphatic rings. The highest BCUT2D eigenvalue weighted by Crippen LogP contribution is 2.28. The first-order valence-electron chi connectivity index (χ1n) is 9.13. The van der Waals surface area contributed by atoms with Gasteiger partial charge in [0.15, 0.2) is 5.75 Å². The van der Waals surface area contributed by atoms with E-state index < -0.39 is 10.8 Å². The van der Waals surface area contributed by atoms with Gasteiger partial charge in [-0.25, -0.2) is 0 Å². The molecule has 0 bridgehead atoms. The molecular formula is C21H16ClN5O4. The van der Waals surface area contributed by atoms with Gasteiger partial charge in [-0.3, -0.25) is 14.9 Å². The zero-order valence-corrected chi connectivity index (χ0v) is 17.3. The zero-order valence-electron chi connectivity index (χ0n) is 16.5. The summed E-state index contributed by atoms with van der Waals surface area (Å²) in [4.78, 5) is 24.8. The van der Waals surface area contributed by atoms with Crippen molar-refractivity contribution in [2.24, 2.45) is 0 Å². The van der Waals surface area contributed by atoms with Crippen LogP contribution in [0.5, 0.6) is 5.75 Å². The molecule has 1 aromatic heterocycles. The van der Waals surface area contributed by atoms with E-state index in [0.29, 0.717) is 21.7 Å². The molecular weight excluding hydrogens is 422 g/mol. The first kappa shape index (κ1) is 20.3. The van der Waals surface area contributed by atoms with Gasteiger partial charge < -0.3 is 10.1 Å². The fraction of sp³-hybridized carbons (Fsp3) is 0.0952. The summed E-state index contributed by atoms with van der Waals surface area (Å²) in [6.07, 6.45) is 0. The number of nitro benzene ring substituents is 1. The molecule has 0 fully saturated rings. The fourth-order valence-electron chi connectivity index (χ4n) is 3.06. The number of anilines is 1. The van der Waals surface area contributed by atoms with Crippen molar-refractivity contribution >= 4 is 39.9 Å². The topological polar surface area (TPSA) is 112 Å². The summed E-state index contributed by atoms with van der Waals surface area (Å²) >= 11 is 5.93. The summed E-state index contributed by atoms with van der Waals surface area (Å²) in [7, 11) is 1.33. The van der Waals surface area contributed by atoms with Crippen LogP contribution < -0.4 is 10.1 Å². The highest BCUT2D eigenvalue weighted by molar-refractivity contribution is 6.30. The van der Waals surface area contributed by atoms with Crippen molar-refractivity contribution in [3.63, 3.8) is 0 Å². The standard InChI is InChI=1S/C21H16ClN5O4/c1-12-9-17-18(25-26(24-17)15-6-4-14(22)5-7-15)11-16(12)23-21(28)13-3-8-20(31-2)19(10-13)27(29)30/h3-11H,1-2H3,(H,23,28). The van der Waals surface area contributed by atoms with Gasteiger partial charge in [0.1, 0.15) is 11.0 Å². The molecule has 3 aromatic carbocycles. The third kappa shape index (κ3) is 4.03. The molecule has 1 amide bonds. The lowest BCUT2D eigenvalue weighted by Crippen LogP contribution is -2.13. The number of carbonyl (C=O) groups excluding carboxylic acids is 1. The third-order valence-corrected chi connectivity index (χ3v) is 4.92. The van der Waals surface area contributed by atoms with Crippen LogP contribution in [-0.2, 0) is 0 Å². The van der Waals surface area contributed by atoms with Crippen LogP contribution in [0.2, 0.25) is 5.02 Å². The molecule has 0 saturated carbocycles. The number of benzene rings is 3. The van der Waals surface area contributed by atoms with Crippen LogP contribution in [0, 0.1) is 17.0 Å². The van der Waals surface area contributed by atoms with Gasteiger partial charge in [0.2, 0.25) is 0 Å². The van der Waals surface area contributed by atoms with E-state index >= 15 is 0 Å². The number of ether oxygens (including phenoxy) is 1. The van der Waals surface area contributed by atoms with E-state index in [4.69, 9.17) is 16.3 Å². The average Bonchev–Trinajstić information content (AvgIpc) is 3.16. The maximum Gasteiger partial charge on any atom is 0.311 e. The van der Waals surface area contributed by atoms with Crippen LogP contribution in [0.4, 0.5) is 11.4 Å². The van der Waals surface area contributed by atoms with Gasteiger partial charge in [0.05, 0.1) is 17.7 Å². The first-order chi connectivity index (χ1) is 14.9. The summed E-state index contributed by atoms with van der Waals surface area (Å²) in [5.41, 5.74) is 3.13. The van der Waals surface area contributed by atoms with Crippen LogP contribution in [-0.4, -0.2) is 32.9 Å². The zero-order chi connectivity index (χ0) is 22.1. The molecule has 1 heterocycles. The molecule has 31 heavy (non-hydrogen) atoms. The minimum absolute atomic E-state index is 0.0814. The van der Waals surface area contributed by atoms with Gasteiger partial charge in [-0.1, -0.05) is 11.6 Å². The van der Waals surface area contributed by atoms with Crippen molar-refractivity contribution in [1.82, 2.24) is 15.0 Å². The molecule has 0 aliphatic heterocycles. The van der Waals surface area contributed by atoms with Crippen molar-refractivity contribution in [3.05, 3.63) is 80.9 Å². The van der Waals surface area contributed by atoms with Gasteiger partial charge in [-0.05, 0) is 61.0 Å². The summed E-state index contributed by atoms with van der Waals surface area (Å²) in [6.45, 7) is 1.83. The van der Waals surface area contributed by atoms with Crippen LogP contribution in [0.25, 0.3) is 16.7 Å². The number of nitrogens with zero attached hydrogens (tertiary/aromatic N) is 4. The second kappa shape index (κ2) is 8.04. The van der Waals surface area contributed by atoms with Crippen molar-refractivity contribution in [3.8, 4) is 11.4 Å². The highest BCUT2D eigenvalue weighted by Gasteiger charge is 2.19. The van der Waals surface area contributed by atoms with Crippen LogP contribution in [0.3, 0.4) is 0 Å². The molecule has 0 radical (unpaired) electrons. The normalized spacial score (nSPS) is 10.8. The lowest BCUT2D eigenvalue weighted by atomic mass is 10.1. The molecule has 0 saturated heterocycles. The maximum absolute atomic E-state index is 12.7. The molecule has 156 valence electrons. The predicted molar refractivity (Wildman–Crippen MR) is 116 cm³/mol. The molecule has 0 aliphatic carbocycles. The number of amides is 1.